The summed E-state index contributed by atoms with van der Waals surface area (Å²) in [5.74, 6) is 0.125. The molecule has 0 atom stereocenters. The van der Waals surface area contributed by atoms with Gasteiger partial charge in [0.2, 0.25) is 5.91 Å². The van der Waals surface area contributed by atoms with Gasteiger partial charge in [0, 0.05) is 19.5 Å². The molecule has 0 aromatic carbocycles. The molecule has 0 rings (SSSR count). The van der Waals surface area contributed by atoms with E-state index in [0.29, 0.717) is 19.5 Å². The lowest BCUT2D eigenvalue weighted by Crippen LogP contribution is -2.33. The number of hydrogen-bond acceptors (Lipinski definition) is 2. The highest BCUT2D eigenvalue weighted by molar-refractivity contribution is 5.76. The zero-order valence-corrected chi connectivity index (χ0v) is 9.74. The Morgan fingerprint density at radius 1 is 1.40 bits per heavy atom. The second-order valence-electron chi connectivity index (χ2n) is 3.66. The van der Waals surface area contributed by atoms with Gasteiger partial charge in [-0.1, -0.05) is 32.3 Å². The monoisotopic (exact) mass is 213 g/mol. The fourth-order valence-corrected chi connectivity index (χ4v) is 1.46. The molecule has 0 heterocycles. The topological polar surface area (TPSA) is 40.5 Å². The van der Waals surface area contributed by atoms with Crippen molar-refractivity contribution >= 4 is 5.91 Å². The Morgan fingerprint density at radius 2 is 2.13 bits per heavy atom. The van der Waals surface area contributed by atoms with Crippen LogP contribution in [-0.2, 0) is 4.79 Å². The van der Waals surface area contributed by atoms with Gasteiger partial charge >= 0.3 is 0 Å². The lowest BCUT2D eigenvalue weighted by Gasteiger charge is -2.19. The molecule has 3 heteroatoms. The van der Waals surface area contributed by atoms with Gasteiger partial charge in [-0.25, -0.2) is 0 Å². The fraction of sp³-hybridized carbons (Fsp3) is 0.750. The maximum Gasteiger partial charge on any atom is 0.222 e. The van der Waals surface area contributed by atoms with Crippen LogP contribution in [0.2, 0.25) is 0 Å². The van der Waals surface area contributed by atoms with Crippen LogP contribution in [0.4, 0.5) is 0 Å². The molecule has 0 aromatic heterocycles. The molecule has 1 amide bonds. The van der Waals surface area contributed by atoms with Gasteiger partial charge in [-0.05, 0) is 6.42 Å². The second kappa shape index (κ2) is 9.71. The molecular weight excluding hydrogens is 190 g/mol. The minimum Gasteiger partial charge on any atom is -0.395 e. The van der Waals surface area contributed by atoms with Crippen molar-refractivity contribution in [2.24, 2.45) is 0 Å². The Labute approximate surface area is 92.8 Å². The molecule has 0 saturated heterocycles. The number of hydrogen-bond donors (Lipinski definition) is 1. The van der Waals surface area contributed by atoms with Crippen molar-refractivity contribution in [1.82, 2.24) is 4.90 Å². The van der Waals surface area contributed by atoms with Crippen molar-refractivity contribution in [3.05, 3.63) is 12.7 Å². The Hall–Kier alpha value is -0.830. The molecule has 0 fully saturated rings. The molecule has 0 unspecified atom stereocenters. The Morgan fingerprint density at radius 3 is 2.67 bits per heavy atom. The van der Waals surface area contributed by atoms with Crippen LogP contribution >= 0.6 is 0 Å². The third kappa shape index (κ3) is 7.14. The van der Waals surface area contributed by atoms with E-state index >= 15 is 0 Å². The molecule has 0 aromatic rings. The van der Waals surface area contributed by atoms with Crippen molar-refractivity contribution in [3.63, 3.8) is 0 Å². The van der Waals surface area contributed by atoms with E-state index in [1.54, 1.807) is 11.0 Å². The van der Waals surface area contributed by atoms with Gasteiger partial charge in [0.1, 0.15) is 0 Å². The predicted octanol–water partition coefficient (Wildman–Crippen LogP) is 1.96. The molecule has 3 nitrogen and oxygen atoms in total. The molecule has 0 aliphatic carbocycles. The van der Waals surface area contributed by atoms with E-state index in [-0.39, 0.29) is 12.5 Å². The standard InChI is InChI=1S/C12H23NO2/c1-3-5-6-7-8-12(15)13(9-4-2)10-11-14/h4,14H,2-3,5-11H2,1H3. The van der Waals surface area contributed by atoms with E-state index in [2.05, 4.69) is 13.5 Å². The summed E-state index contributed by atoms with van der Waals surface area (Å²) < 4.78 is 0. The summed E-state index contributed by atoms with van der Waals surface area (Å²) in [6.07, 6.45) is 6.72. The summed E-state index contributed by atoms with van der Waals surface area (Å²) in [5.41, 5.74) is 0. The SMILES string of the molecule is C=CCN(CCO)C(=O)CCCCCC. The molecule has 0 radical (unpaired) electrons. The maximum absolute atomic E-state index is 11.7. The predicted molar refractivity (Wildman–Crippen MR) is 62.6 cm³/mol. The number of rotatable bonds is 9. The first-order valence-electron chi connectivity index (χ1n) is 5.75. The van der Waals surface area contributed by atoms with E-state index in [1.165, 1.54) is 12.8 Å². The molecule has 15 heavy (non-hydrogen) atoms. The number of aliphatic hydroxyl groups excluding tert-OH is 1. The maximum atomic E-state index is 11.7. The average Bonchev–Trinajstić information content (AvgIpc) is 2.24. The summed E-state index contributed by atoms with van der Waals surface area (Å²) in [6, 6.07) is 0. The largest absolute Gasteiger partial charge is 0.395 e. The molecular formula is C12H23NO2. The Bertz CT molecular complexity index is 180. The van der Waals surface area contributed by atoms with E-state index < -0.39 is 0 Å². The minimum absolute atomic E-state index is 0.0224. The average molecular weight is 213 g/mol. The molecule has 1 N–H and O–H groups in total. The fourth-order valence-electron chi connectivity index (χ4n) is 1.46. The second-order valence-corrected chi connectivity index (χ2v) is 3.66. The Kier molecular flexibility index (Phi) is 9.18. The van der Waals surface area contributed by atoms with Crippen LogP contribution in [0.1, 0.15) is 39.0 Å². The quantitative estimate of drug-likeness (QED) is 0.470. The van der Waals surface area contributed by atoms with Gasteiger partial charge in [-0.15, -0.1) is 6.58 Å². The lowest BCUT2D eigenvalue weighted by molar-refractivity contribution is -0.131. The van der Waals surface area contributed by atoms with Crippen LogP contribution in [-0.4, -0.2) is 35.6 Å². The van der Waals surface area contributed by atoms with Gasteiger partial charge in [-0.2, -0.15) is 0 Å². The zero-order chi connectivity index (χ0) is 11.5. The molecule has 88 valence electrons. The third-order valence-electron chi connectivity index (χ3n) is 2.32. The highest BCUT2D eigenvalue weighted by atomic mass is 16.3. The summed E-state index contributed by atoms with van der Waals surface area (Å²) in [5, 5.41) is 8.79. The van der Waals surface area contributed by atoms with Crippen molar-refractivity contribution in [3.8, 4) is 0 Å². The summed E-state index contributed by atoms with van der Waals surface area (Å²) >= 11 is 0. The number of amides is 1. The van der Waals surface area contributed by atoms with Crippen molar-refractivity contribution in [2.45, 2.75) is 39.0 Å². The van der Waals surface area contributed by atoms with Gasteiger partial charge in [0.05, 0.1) is 6.61 Å². The lowest BCUT2D eigenvalue weighted by atomic mass is 10.1. The first-order chi connectivity index (χ1) is 7.26. The number of unbranched alkanes of at least 4 members (excludes halogenated alkanes) is 3. The third-order valence-corrected chi connectivity index (χ3v) is 2.32. The summed E-state index contributed by atoms with van der Waals surface area (Å²) in [7, 11) is 0. The Balaban J connectivity index is 3.75. The normalized spacial score (nSPS) is 10.0. The van der Waals surface area contributed by atoms with Crippen LogP contribution in [0.5, 0.6) is 0 Å². The number of carbonyl (C=O) groups excluding carboxylic acids is 1. The van der Waals surface area contributed by atoms with Crippen LogP contribution in [0, 0.1) is 0 Å². The molecule has 0 aliphatic rings. The highest BCUT2D eigenvalue weighted by Gasteiger charge is 2.10. The van der Waals surface area contributed by atoms with Crippen LogP contribution in [0.3, 0.4) is 0 Å². The smallest absolute Gasteiger partial charge is 0.222 e. The van der Waals surface area contributed by atoms with Gasteiger partial charge in [-0.3, -0.25) is 4.79 Å². The van der Waals surface area contributed by atoms with E-state index in [9.17, 15) is 4.79 Å². The molecule has 0 spiro atoms. The van der Waals surface area contributed by atoms with Crippen molar-refractivity contribution in [2.75, 3.05) is 19.7 Å². The summed E-state index contributed by atoms with van der Waals surface area (Å²) in [4.78, 5) is 13.3. The summed E-state index contributed by atoms with van der Waals surface area (Å²) in [6.45, 7) is 6.72. The van der Waals surface area contributed by atoms with Gasteiger partial charge in [0.15, 0.2) is 0 Å². The first-order valence-corrected chi connectivity index (χ1v) is 5.75. The van der Waals surface area contributed by atoms with E-state index in [4.69, 9.17) is 5.11 Å². The van der Waals surface area contributed by atoms with Gasteiger partial charge in [0.25, 0.3) is 0 Å². The van der Waals surface area contributed by atoms with E-state index in [0.717, 1.165) is 12.8 Å². The van der Waals surface area contributed by atoms with Crippen LogP contribution in [0.25, 0.3) is 0 Å². The first kappa shape index (κ1) is 14.2. The van der Waals surface area contributed by atoms with Crippen molar-refractivity contribution < 1.29 is 9.90 Å². The van der Waals surface area contributed by atoms with Crippen LogP contribution < -0.4 is 0 Å². The molecule has 0 aliphatic heterocycles. The number of nitrogens with zero attached hydrogens (tertiary/aromatic N) is 1. The van der Waals surface area contributed by atoms with Crippen molar-refractivity contribution in [1.29, 1.82) is 0 Å². The number of aliphatic hydroxyl groups is 1. The van der Waals surface area contributed by atoms with Gasteiger partial charge < -0.3 is 10.0 Å². The van der Waals surface area contributed by atoms with Crippen LogP contribution in [0.15, 0.2) is 12.7 Å². The molecule has 0 bridgehead atoms. The number of carbonyl (C=O) groups is 1. The highest BCUT2D eigenvalue weighted by Crippen LogP contribution is 2.05. The zero-order valence-electron chi connectivity index (χ0n) is 9.74. The van der Waals surface area contributed by atoms with E-state index in [1.807, 2.05) is 0 Å². The molecule has 0 saturated carbocycles. The minimum atomic E-state index is 0.0224.